The lowest BCUT2D eigenvalue weighted by Gasteiger charge is -1.91. The van der Waals surface area contributed by atoms with Crippen molar-refractivity contribution in [2.45, 2.75) is 38.5 Å². The molecule has 14 heavy (non-hydrogen) atoms. The molecule has 0 unspecified atom stereocenters. The van der Waals surface area contributed by atoms with Crippen molar-refractivity contribution in [1.29, 1.82) is 0 Å². The summed E-state index contributed by atoms with van der Waals surface area (Å²) in [4.78, 5) is 0. The van der Waals surface area contributed by atoms with Crippen LogP contribution in [0.25, 0.3) is 0 Å². The van der Waals surface area contributed by atoms with Gasteiger partial charge in [0.15, 0.2) is 0 Å². The molecule has 0 saturated heterocycles. The van der Waals surface area contributed by atoms with Crippen molar-refractivity contribution in [3.63, 3.8) is 0 Å². The Morgan fingerprint density at radius 1 is 0.786 bits per heavy atom. The van der Waals surface area contributed by atoms with Crippen LogP contribution in [0.1, 0.15) is 38.5 Å². The van der Waals surface area contributed by atoms with E-state index >= 15 is 0 Å². The third kappa shape index (κ3) is 6.47. The van der Waals surface area contributed by atoms with E-state index < -0.39 is 0 Å². The Balaban J connectivity index is 2.34. The summed E-state index contributed by atoms with van der Waals surface area (Å²) in [6.45, 7) is 0. The molecule has 0 aromatic heterocycles. The molecule has 0 heterocycles. The van der Waals surface area contributed by atoms with Gasteiger partial charge in [0.2, 0.25) is 0 Å². The molecule has 0 spiro atoms. The van der Waals surface area contributed by atoms with E-state index in [1.54, 1.807) is 0 Å². The molecular weight excluding hydrogens is 168 g/mol. The maximum Gasteiger partial charge on any atom is -0.0166 e. The highest BCUT2D eigenvalue weighted by Gasteiger charge is 1.82. The van der Waals surface area contributed by atoms with Crippen LogP contribution in [0.4, 0.5) is 0 Å². The fourth-order valence-corrected chi connectivity index (χ4v) is 1.33. The highest BCUT2D eigenvalue weighted by Crippen LogP contribution is 2.01. The molecule has 75 valence electrons. The topological polar surface area (TPSA) is 0 Å². The van der Waals surface area contributed by atoms with Crippen LogP contribution in [0.2, 0.25) is 0 Å². The zero-order valence-electron chi connectivity index (χ0n) is 8.78. The molecule has 1 aliphatic carbocycles. The predicted octanol–water partition coefficient (Wildman–Crippen LogP) is 4.37. The average Bonchev–Trinajstić information content (AvgIpc) is 2.22. The lowest BCUT2D eigenvalue weighted by Crippen LogP contribution is -1.72. The van der Waals surface area contributed by atoms with Crippen LogP contribution in [-0.4, -0.2) is 0 Å². The number of rotatable bonds is 0. The largest absolute Gasteiger partial charge is 0.0879 e. The maximum atomic E-state index is 3.33. The normalized spacial score (nSPS) is 28.6. The second kappa shape index (κ2) is 8.55. The standard InChI is InChI=1S/C14H19/c1-2-4-6-8-10-12-14-13-11-9-7-5-3-1/h1-4,7,9,14H,5-6,8,10-11,13H2/b3-1+,4-2-,9-7+,14-12?. The minimum atomic E-state index is 1.05. The van der Waals surface area contributed by atoms with Gasteiger partial charge in [0.1, 0.15) is 0 Å². The fourth-order valence-electron chi connectivity index (χ4n) is 1.33. The predicted molar refractivity (Wildman–Crippen MR) is 62.9 cm³/mol. The molecule has 0 N–H and O–H groups in total. The summed E-state index contributed by atoms with van der Waals surface area (Å²) < 4.78 is 0. The molecule has 0 saturated carbocycles. The van der Waals surface area contributed by atoms with E-state index in [9.17, 15) is 0 Å². The summed E-state index contributed by atoms with van der Waals surface area (Å²) in [5, 5.41) is 0. The van der Waals surface area contributed by atoms with Crippen LogP contribution in [0, 0.1) is 6.08 Å². The van der Waals surface area contributed by atoms with Gasteiger partial charge in [-0.15, -0.1) is 0 Å². The van der Waals surface area contributed by atoms with Gasteiger partial charge in [0.25, 0.3) is 0 Å². The molecule has 1 radical (unpaired) electrons. The second-order valence-corrected chi connectivity index (χ2v) is 3.44. The average molecular weight is 187 g/mol. The van der Waals surface area contributed by atoms with Gasteiger partial charge in [0.05, 0.1) is 0 Å². The van der Waals surface area contributed by atoms with E-state index in [-0.39, 0.29) is 0 Å². The van der Waals surface area contributed by atoms with Crippen LogP contribution in [0.5, 0.6) is 0 Å². The lowest BCUT2D eigenvalue weighted by atomic mass is 10.2. The Labute approximate surface area is 87.7 Å². The monoisotopic (exact) mass is 187 g/mol. The first-order chi connectivity index (χ1) is 7.00. The molecule has 0 aliphatic heterocycles. The Morgan fingerprint density at radius 2 is 1.71 bits per heavy atom. The summed E-state index contributed by atoms with van der Waals surface area (Å²) in [5.74, 6) is 0. The zero-order chi connectivity index (χ0) is 9.90. The number of hydrogen-bond acceptors (Lipinski definition) is 0. The van der Waals surface area contributed by atoms with Gasteiger partial charge in [-0.1, -0.05) is 42.5 Å². The molecule has 1 rings (SSSR count). The Kier molecular flexibility index (Phi) is 6.74. The SMILES string of the molecule is [C]1=C/CC/C=C/C/C=C/C=C\CCC/1. The fraction of sp³-hybridized carbons (Fsp3) is 0.429. The van der Waals surface area contributed by atoms with Crippen molar-refractivity contribution in [1.82, 2.24) is 0 Å². The molecule has 0 aromatic carbocycles. The van der Waals surface area contributed by atoms with Crippen LogP contribution < -0.4 is 0 Å². The summed E-state index contributed by atoms with van der Waals surface area (Å²) in [5.41, 5.74) is 0. The molecule has 0 nitrogen and oxygen atoms in total. The van der Waals surface area contributed by atoms with Gasteiger partial charge in [-0.3, -0.25) is 0 Å². The molecule has 1 aliphatic rings. The third-order valence-electron chi connectivity index (χ3n) is 2.14. The van der Waals surface area contributed by atoms with Crippen LogP contribution in [0.3, 0.4) is 0 Å². The maximum absolute atomic E-state index is 3.33. The van der Waals surface area contributed by atoms with Gasteiger partial charge < -0.3 is 0 Å². The van der Waals surface area contributed by atoms with Gasteiger partial charge in [-0.25, -0.2) is 0 Å². The number of hydrogen-bond donors (Lipinski definition) is 0. The molecule has 0 amide bonds. The minimum Gasteiger partial charge on any atom is -0.0879 e. The van der Waals surface area contributed by atoms with Gasteiger partial charge in [0, 0.05) is 0 Å². The van der Waals surface area contributed by atoms with Crippen molar-refractivity contribution < 1.29 is 0 Å². The van der Waals surface area contributed by atoms with Crippen molar-refractivity contribution in [2.75, 3.05) is 0 Å². The van der Waals surface area contributed by atoms with E-state index in [1.165, 1.54) is 12.8 Å². The number of allylic oxidation sites excluding steroid dienone is 8. The van der Waals surface area contributed by atoms with E-state index in [0.29, 0.717) is 0 Å². The first-order valence-electron chi connectivity index (χ1n) is 5.52. The Hall–Kier alpha value is -1.04. The van der Waals surface area contributed by atoms with Crippen molar-refractivity contribution in [3.05, 3.63) is 48.6 Å². The van der Waals surface area contributed by atoms with Crippen molar-refractivity contribution >= 4 is 0 Å². The second-order valence-electron chi connectivity index (χ2n) is 3.44. The Bertz CT molecular complexity index is 228. The van der Waals surface area contributed by atoms with Crippen molar-refractivity contribution in [3.8, 4) is 0 Å². The highest BCUT2D eigenvalue weighted by molar-refractivity contribution is 5.05. The van der Waals surface area contributed by atoms with Crippen LogP contribution in [-0.2, 0) is 0 Å². The first kappa shape index (κ1) is 11.0. The first-order valence-corrected chi connectivity index (χ1v) is 5.52. The van der Waals surface area contributed by atoms with E-state index in [4.69, 9.17) is 0 Å². The summed E-state index contributed by atoms with van der Waals surface area (Å²) in [6, 6.07) is 0. The molecule has 0 aromatic rings. The summed E-state index contributed by atoms with van der Waals surface area (Å²) >= 11 is 0. The van der Waals surface area contributed by atoms with E-state index in [0.717, 1.165) is 25.7 Å². The molecule has 0 bridgehead atoms. The van der Waals surface area contributed by atoms with E-state index in [1.807, 2.05) is 0 Å². The zero-order valence-corrected chi connectivity index (χ0v) is 8.78. The van der Waals surface area contributed by atoms with Crippen LogP contribution in [0.15, 0.2) is 42.5 Å². The quantitative estimate of drug-likeness (QED) is 0.494. The van der Waals surface area contributed by atoms with Crippen molar-refractivity contribution in [2.24, 2.45) is 0 Å². The summed E-state index contributed by atoms with van der Waals surface area (Å²) in [6.07, 6.45) is 25.5. The van der Waals surface area contributed by atoms with Gasteiger partial charge >= 0.3 is 0 Å². The minimum absolute atomic E-state index is 1.05. The molecular formula is C14H19. The highest BCUT2D eigenvalue weighted by atomic mass is 13.9. The summed E-state index contributed by atoms with van der Waals surface area (Å²) in [7, 11) is 0. The Morgan fingerprint density at radius 3 is 2.71 bits per heavy atom. The molecule has 0 atom stereocenters. The molecule has 0 fully saturated rings. The third-order valence-corrected chi connectivity index (χ3v) is 2.14. The smallest absolute Gasteiger partial charge is 0.0166 e. The van der Waals surface area contributed by atoms with Gasteiger partial charge in [-0.2, -0.15) is 0 Å². The lowest BCUT2D eigenvalue weighted by molar-refractivity contribution is 0.847. The van der Waals surface area contributed by atoms with E-state index in [2.05, 4.69) is 48.6 Å². The van der Waals surface area contributed by atoms with Crippen LogP contribution >= 0.6 is 0 Å². The van der Waals surface area contributed by atoms with Gasteiger partial charge in [-0.05, 0) is 44.6 Å². The molecule has 0 heteroatoms.